The molecule has 0 bridgehead atoms. The Kier molecular flexibility index (Phi) is 6.97. The summed E-state index contributed by atoms with van der Waals surface area (Å²) in [6.45, 7) is 15.8. The Morgan fingerprint density at radius 1 is 1.27 bits per heavy atom. The van der Waals surface area contributed by atoms with E-state index in [1.54, 1.807) is 12.1 Å². The molecule has 1 aliphatic rings. The van der Waals surface area contributed by atoms with Crippen LogP contribution in [0.4, 0.5) is 0 Å². The molecule has 0 spiro atoms. The zero-order chi connectivity index (χ0) is 21.9. The molecule has 5 nitrogen and oxygen atoms in total. The van der Waals surface area contributed by atoms with Gasteiger partial charge >= 0.3 is 0 Å². The highest BCUT2D eigenvalue weighted by molar-refractivity contribution is 6.76. The van der Waals surface area contributed by atoms with Gasteiger partial charge in [0.15, 0.2) is 0 Å². The van der Waals surface area contributed by atoms with Gasteiger partial charge in [-0.05, 0) is 54.5 Å². The molecule has 166 valence electrons. The molecule has 3 rings (SSSR count). The predicted molar refractivity (Wildman–Crippen MR) is 124 cm³/mol. The molecule has 2 aromatic rings. The van der Waals surface area contributed by atoms with Gasteiger partial charge in [0.05, 0.1) is 18.2 Å². The molecule has 1 aliphatic heterocycles. The number of fused-ring (bicyclic) bond motifs is 1. The molecule has 0 saturated heterocycles. The molecule has 2 heterocycles. The van der Waals surface area contributed by atoms with E-state index in [1.807, 2.05) is 6.07 Å². The fourth-order valence-corrected chi connectivity index (χ4v) is 4.38. The highest BCUT2D eigenvalue weighted by Gasteiger charge is 2.26. The van der Waals surface area contributed by atoms with E-state index < -0.39 is 8.07 Å². The summed E-state index contributed by atoms with van der Waals surface area (Å²) in [4.78, 5) is 5.01. The number of aryl methyl sites for hydroxylation is 1. The number of rotatable bonds is 8. The fraction of sp³-hybridized carbons (Fsp3) is 0.625. The summed E-state index contributed by atoms with van der Waals surface area (Å²) in [5.74, 6) is 2.33. The highest BCUT2D eigenvalue weighted by Crippen LogP contribution is 2.34. The molecule has 6 heteroatoms. The van der Waals surface area contributed by atoms with E-state index in [4.69, 9.17) is 14.5 Å². The van der Waals surface area contributed by atoms with Crippen LogP contribution in [0.25, 0.3) is 0 Å². The minimum Gasteiger partial charge on any atom is -0.508 e. The molecule has 1 aromatic carbocycles. The molecule has 1 unspecified atom stereocenters. The molecule has 1 atom stereocenters. The van der Waals surface area contributed by atoms with E-state index in [-0.39, 0.29) is 17.1 Å². The Balaban J connectivity index is 1.76. The predicted octanol–water partition coefficient (Wildman–Crippen LogP) is 5.60. The van der Waals surface area contributed by atoms with Crippen LogP contribution in [0, 0.1) is 5.41 Å². The van der Waals surface area contributed by atoms with Gasteiger partial charge in [0, 0.05) is 20.9 Å². The Morgan fingerprint density at radius 2 is 2.03 bits per heavy atom. The number of ether oxygens (including phenoxy) is 2. The van der Waals surface area contributed by atoms with Crippen molar-refractivity contribution in [1.29, 1.82) is 0 Å². The highest BCUT2D eigenvalue weighted by atomic mass is 28.3. The Hall–Kier alpha value is -1.79. The lowest BCUT2D eigenvalue weighted by atomic mass is 9.90. The number of phenolic OH excluding ortho intramolecular Hbond substituents is 1. The standard InChI is InChI=1S/C24H38N2O3Si/c1-24(2,3)10-9-20-15-26(17-28-11-12-30(4,5)6)23(25-20)19-13-18-14-21(27)7-8-22(18)29-16-19/h7-8,14-15,19,27H,9-13,16-17H2,1-6H3. The Bertz CT molecular complexity index is 849. The van der Waals surface area contributed by atoms with Gasteiger partial charge in [0.1, 0.15) is 24.1 Å². The molecular weight excluding hydrogens is 392 g/mol. The van der Waals surface area contributed by atoms with E-state index in [1.165, 1.54) is 0 Å². The summed E-state index contributed by atoms with van der Waals surface area (Å²) < 4.78 is 14.2. The van der Waals surface area contributed by atoms with Crippen LogP contribution < -0.4 is 4.74 Å². The van der Waals surface area contributed by atoms with E-state index in [0.717, 1.165) is 54.7 Å². The topological polar surface area (TPSA) is 56.5 Å². The van der Waals surface area contributed by atoms with Crippen LogP contribution in [-0.2, 0) is 24.3 Å². The van der Waals surface area contributed by atoms with Crippen molar-refractivity contribution in [3.63, 3.8) is 0 Å². The van der Waals surface area contributed by atoms with Gasteiger partial charge in [0.2, 0.25) is 0 Å². The van der Waals surface area contributed by atoms with Crippen LogP contribution in [0.3, 0.4) is 0 Å². The Morgan fingerprint density at radius 3 is 2.73 bits per heavy atom. The first-order valence-electron chi connectivity index (χ1n) is 11.1. The molecular formula is C24H38N2O3Si. The first-order chi connectivity index (χ1) is 14.0. The van der Waals surface area contributed by atoms with E-state index in [0.29, 0.717) is 13.3 Å². The van der Waals surface area contributed by atoms with E-state index in [2.05, 4.69) is 51.2 Å². The van der Waals surface area contributed by atoms with Gasteiger partial charge in [-0.25, -0.2) is 4.98 Å². The molecule has 0 fully saturated rings. The summed E-state index contributed by atoms with van der Waals surface area (Å²) >= 11 is 0. The van der Waals surface area contributed by atoms with Crippen molar-refractivity contribution in [1.82, 2.24) is 9.55 Å². The number of hydrogen-bond acceptors (Lipinski definition) is 4. The fourth-order valence-electron chi connectivity index (χ4n) is 3.63. The average Bonchev–Trinajstić information content (AvgIpc) is 3.05. The minimum absolute atomic E-state index is 0.156. The van der Waals surface area contributed by atoms with E-state index in [9.17, 15) is 5.11 Å². The van der Waals surface area contributed by atoms with Gasteiger partial charge in [-0.15, -0.1) is 0 Å². The van der Waals surface area contributed by atoms with Crippen LogP contribution in [0.2, 0.25) is 25.7 Å². The maximum atomic E-state index is 9.87. The van der Waals surface area contributed by atoms with Gasteiger partial charge in [-0.3, -0.25) is 0 Å². The molecule has 1 N–H and O–H groups in total. The SMILES string of the molecule is CC(C)(C)CCc1cn(COCC[Si](C)(C)C)c(C2COc3ccc(O)cc3C2)n1. The Labute approximate surface area is 182 Å². The maximum absolute atomic E-state index is 9.87. The largest absolute Gasteiger partial charge is 0.508 e. The number of aromatic nitrogens is 2. The average molecular weight is 431 g/mol. The van der Waals surface area contributed by atoms with Crippen LogP contribution in [0.1, 0.15) is 50.2 Å². The third-order valence-electron chi connectivity index (χ3n) is 5.53. The van der Waals surface area contributed by atoms with Crippen molar-refractivity contribution < 1.29 is 14.6 Å². The van der Waals surface area contributed by atoms with Crippen molar-refractivity contribution >= 4 is 8.07 Å². The van der Waals surface area contributed by atoms with Gasteiger partial charge in [-0.2, -0.15) is 0 Å². The maximum Gasteiger partial charge on any atom is 0.123 e. The second-order valence-corrected chi connectivity index (χ2v) is 16.6. The zero-order valence-corrected chi connectivity index (χ0v) is 20.5. The van der Waals surface area contributed by atoms with Crippen molar-refractivity contribution in [2.75, 3.05) is 13.2 Å². The van der Waals surface area contributed by atoms with Crippen molar-refractivity contribution in [3.8, 4) is 11.5 Å². The molecule has 0 aliphatic carbocycles. The molecule has 30 heavy (non-hydrogen) atoms. The lowest BCUT2D eigenvalue weighted by Gasteiger charge is -2.25. The number of phenols is 1. The smallest absolute Gasteiger partial charge is 0.123 e. The second-order valence-electron chi connectivity index (χ2n) is 11.0. The third-order valence-corrected chi connectivity index (χ3v) is 7.23. The summed E-state index contributed by atoms with van der Waals surface area (Å²) in [6.07, 6.45) is 5.03. The summed E-state index contributed by atoms with van der Waals surface area (Å²) in [5.41, 5.74) is 2.44. The normalized spacial score (nSPS) is 16.9. The first kappa shape index (κ1) is 22.9. The third kappa shape index (κ3) is 6.61. The van der Waals surface area contributed by atoms with Gasteiger partial charge in [-0.1, -0.05) is 40.4 Å². The second kappa shape index (κ2) is 9.14. The molecule has 1 aromatic heterocycles. The number of aromatic hydroxyl groups is 1. The first-order valence-corrected chi connectivity index (χ1v) is 14.8. The van der Waals surface area contributed by atoms with Gasteiger partial charge < -0.3 is 19.1 Å². The summed E-state index contributed by atoms with van der Waals surface area (Å²) in [6, 6.07) is 6.49. The van der Waals surface area contributed by atoms with Crippen LogP contribution in [-0.4, -0.2) is 35.9 Å². The molecule has 0 radical (unpaired) electrons. The van der Waals surface area contributed by atoms with Gasteiger partial charge in [0.25, 0.3) is 0 Å². The lowest BCUT2D eigenvalue weighted by molar-refractivity contribution is 0.0830. The van der Waals surface area contributed by atoms with Crippen LogP contribution >= 0.6 is 0 Å². The number of imidazole rings is 1. The van der Waals surface area contributed by atoms with Crippen molar-refractivity contribution in [3.05, 3.63) is 41.5 Å². The molecule has 0 saturated carbocycles. The monoisotopic (exact) mass is 430 g/mol. The van der Waals surface area contributed by atoms with Crippen LogP contribution in [0.15, 0.2) is 24.4 Å². The number of nitrogens with zero attached hydrogens (tertiary/aromatic N) is 2. The number of hydrogen-bond donors (Lipinski definition) is 1. The van der Waals surface area contributed by atoms with E-state index >= 15 is 0 Å². The van der Waals surface area contributed by atoms with Crippen molar-refractivity contribution in [2.45, 2.75) is 78.4 Å². The zero-order valence-electron chi connectivity index (χ0n) is 19.5. The number of benzene rings is 1. The summed E-state index contributed by atoms with van der Waals surface area (Å²) in [7, 11) is -1.11. The summed E-state index contributed by atoms with van der Waals surface area (Å²) in [5, 5.41) is 9.87. The quantitative estimate of drug-likeness (QED) is 0.437. The lowest BCUT2D eigenvalue weighted by Crippen LogP contribution is -2.24. The minimum atomic E-state index is -1.11. The molecule has 0 amide bonds. The van der Waals surface area contributed by atoms with Crippen molar-refractivity contribution in [2.24, 2.45) is 5.41 Å². The van der Waals surface area contributed by atoms with Crippen LogP contribution in [0.5, 0.6) is 11.5 Å².